The fourth-order valence-corrected chi connectivity index (χ4v) is 2.29. The van der Waals surface area contributed by atoms with E-state index in [0.717, 1.165) is 0 Å². The van der Waals surface area contributed by atoms with E-state index in [9.17, 15) is 13.2 Å². The SMILES string of the molecule is CCC(N)C(Sc1nc(C)c(C)o1)C(F)(F)F. The Labute approximate surface area is 102 Å². The lowest BCUT2D eigenvalue weighted by Crippen LogP contribution is -2.42. The van der Waals surface area contributed by atoms with Crippen LogP contribution in [0.3, 0.4) is 0 Å². The minimum absolute atomic E-state index is 0.0197. The predicted molar refractivity (Wildman–Crippen MR) is 59.9 cm³/mol. The molecular weight excluding hydrogens is 253 g/mol. The maximum atomic E-state index is 12.8. The zero-order chi connectivity index (χ0) is 13.2. The van der Waals surface area contributed by atoms with E-state index in [4.69, 9.17) is 10.2 Å². The monoisotopic (exact) mass is 268 g/mol. The number of halogens is 3. The van der Waals surface area contributed by atoms with Crippen molar-refractivity contribution in [2.75, 3.05) is 0 Å². The molecule has 0 amide bonds. The minimum Gasteiger partial charge on any atom is -0.437 e. The Morgan fingerprint density at radius 1 is 1.41 bits per heavy atom. The van der Waals surface area contributed by atoms with Gasteiger partial charge >= 0.3 is 6.18 Å². The summed E-state index contributed by atoms with van der Waals surface area (Å²) in [6.07, 6.45) is -4.12. The van der Waals surface area contributed by atoms with Gasteiger partial charge in [0.15, 0.2) is 0 Å². The predicted octanol–water partition coefficient (Wildman–Crippen LogP) is 3.05. The highest BCUT2D eigenvalue weighted by Gasteiger charge is 2.44. The van der Waals surface area contributed by atoms with Crippen molar-refractivity contribution in [1.29, 1.82) is 0 Å². The molecule has 7 heteroatoms. The number of thioether (sulfide) groups is 1. The standard InChI is InChI=1S/C10H15F3N2OS/c1-4-7(14)8(10(11,12)13)17-9-15-5(2)6(3)16-9/h7-8H,4,14H2,1-3H3. The molecule has 0 saturated heterocycles. The van der Waals surface area contributed by atoms with Crippen molar-refractivity contribution in [3.05, 3.63) is 11.5 Å². The van der Waals surface area contributed by atoms with Crippen molar-refractivity contribution < 1.29 is 17.6 Å². The minimum atomic E-state index is -4.36. The number of nitrogens with zero attached hydrogens (tertiary/aromatic N) is 1. The van der Waals surface area contributed by atoms with Crippen LogP contribution in [0.2, 0.25) is 0 Å². The molecule has 0 aromatic carbocycles. The zero-order valence-corrected chi connectivity index (χ0v) is 10.7. The van der Waals surface area contributed by atoms with Gasteiger partial charge < -0.3 is 10.2 Å². The highest BCUT2D eigenvalue weighted by atomic mass is 32.2. The van der Waals surface area contributed by atoms with Gasteiger partial charge in [0.1, 0.15) is 11.0 Å². The Bertz CT molecular complexity index is 359. The van der Waals surface area contributed by atoms with Crippen LogP contribution in [0.1, 0.15) is 24.8 Å². The van der Waals surface area contributed by atoms with Crippen LogP contribution in [-0.2, 0) is 0 Å². The van der Waals surface area contributed by atoms with Crippen molar-refractivity contribution in [2.45, 2.75) is 49.9 Å². The Balaban J connectivity index is 2.87. The third-order valence-corrected chi connectivity index (χ3v) is 3.67. The molecule has 0 fully saturated rings. The summed E-state index contributed by atoms with van der Waals surface area (Å²) < 4.78 is 43.5. The molecular formula is C10H15F3N2OS. The lowest BCUT2D eigenvalue weighted by atomic mass is 10.1. The van der Waals surface area contributed by atoms with Crippen LogP contribution in [0, 0.1) is 13.8 Å². The van der Waals surface area contributed by atoms with E-state index < -0.39 is 17.5 Å². The van der Waals surface area contributed by atoms with Crippen LogP contribution in [0.5, 0.6) is 0 Å². The van der Waals surface area contributed by atoms with E-state index in [0.29, 0.717) is 23.2 Å². The van der Waals surface area contributed by atoms with Crippen LogP contribution in [0.25, 0.3) is 0 Å². The second-order valence-corrected chi connectivity index (χ2v) is 4.87. The van der Waals surface area contributed by atoms with Gasteiger partial charge in [-0.2, -0.15) is 13.2 Å². The second-order valence-electron chi connectivity index (χ2n) is 3.77. The van der Waals surface area contributed by atoms with E-state index >= 15 is 0 Å². The normalized spacial score (nSPS) is 15.9. The number of rotatable bonds is 4. The van der Waals surface area contributed by atoms with Gasteiger partial charge in [-0.3, -0.25) is 0 Å². The third kappa shape index (κ3) is 3.64. The summed E-state index contributed by atoms with van der Waals surface area (Å²) in [4.78, 5) is 3.92. The van der Waals surface area contributed by atoms with Gasteiger partial charge in [0, 0.05) is 6.04 Å². The number of hydrogen-bond acceptors (Lipinski definition) is 4. The molecule has 17 heavy (non-hydrogen) atoms. The largest absolute Gasteiger partial charge is 0.437 e. The molecule has 0 bridgehead atoms. The Hall–Kier alpha value is -0.690. The smallest absolute Gasteiger partial charge is 0.402 e. The Kier molecular flexibility index (Phi) is 4.48. The fraction of sp³-hybridized carbons (Fsp3) is 0.700. The van der Waals surface area contributed by atoms with E-state index in [1.165, 1.54) is 0 Å². The van der Waals surface area contributed by atoms with Crippen molar-refractivity contribution in [2.24, 2.45) is 5.73 Å². The highest BCUT2D eigenvalue weighted by molar-refractivity contribution is 7.99. The van der Waals surface area contributed by atoms with Crippen molar-refractivity contribution in [3.8, 4) is 0 Å². The van der Waals surface area contributed by atoms with E-state index in [1.807, 2.05) is 0 Å². The van der Waals surface area contributed by atoms with Gasteiger partial charge in [0.2, 0.25) is 0 Å². The van der Waals surface area contributed by atoms with Gasteiger partial charge in [-0.15, -0.1) is 0 Å². The second kappa shape index (κ2) is 5.30. The van der Waals surface area contributed by atoms with Crippen molar-refractivity contribution in [1.82, 2.24) is 4.98 Å². The van der Waals surface area contributed by atoms with Crippen molar-refractivity contribution >= 4 is 11.8 Å². The molecule has 1 aromatic rings. The molecule has 2 atom stereocenters. The first kappa shape index (κ1) is 14.4. The molecule has 3 nitrogen and oxygen atoms in total. The van der Waals surface area contributed by atoms with Crippen LogP contribution >= 0.6 is 11.8 Å². The van der Waals surface area contributed by atoms with Crippen molar-refractivity contribution in [3.63, 3.8) is 0 Å². The first-order valence-corrected chi connectivity index (χ1v) is 6.06. The molecule has 0 aliphatic heterocycles. The number of alkyl halides is 3. The van der Waals surface area contributed by atoms with Crippen LogP contribution in [0.4, 0.5) is 13.2 Å². The fourth-order valence-electron chi connectivity index (χ4n) is 1.21. The van der Waals surface area contributed by atoms with E-state index in [-0.39, 0.29) is 11.6 Å². The molecule has 0 radical (unpaired) electrons. The Morgan fingerprint density at radius 2 is 2.00 bits per heavy atom. The molecule has 2 N–H and O–H groups in total. The number of nitrogens with two attached hydrogens (primary N) is 1. The van der Waals surface area contributed by atoms with Gasteiger partial charge in [0.05, 0.1) is 5.69 Å². The molecule has 1 aromatic heterocycles. The molecule has 1 rings (SSSR count). The van der Waals surface area contributed by atoms with Gasteiger partial charge in [-0.1, -0.05) is 18.7 Å². The van der Waals surface area contributed by atoms with Gasteiger partial charge in [0.25, 0.3) is 5.22 Å². The molecule has 0 aliphatic rings. The van der Waals surface area contributed by atoms with E-state index in [1.54, 1.807) is 20.8 Å². The topological polar surface area (TPSA) is 52.0 Å². The average Bonchev–Trinajstić information content (AvgIpc) is 2.52. The summed E-state index contributed by atoms with van der Waals surface area (Å²) in [5, 5.41) is -1.67. The van der Waals surface area contributed by atoms with Crippen LogP contribution in [-0.4, -0.2) is 22.5 Å². The molecule has 98 valence electrons. The molecule has 0 saturated carbocycles. The number of aromatic nitrogens is 1. The Morgan fingerprint density at radius 3 is 2.35 bits per heavy atom. The summed E-state index contributed by atoms with van der Waals surface area (Å²) in [6.45, 7) is 4.97. The van der Waals surface area contributed by atoms with Gasteiger partial charge in [-0.25, -0.2) is 4.98 Å². The number of aryl methyl sites for hydroxylation is 2. The summed E-state index contributed by atoms with van der Waals surface area (Å²) in [7, 11) is 0. The quantitative estimate of drug-likeness (QED) is 0.853. The summed E-state index contributed by atoms with van der Waals surface area (Å²) >= 11 is 0.536. The van der Waals surface area contributed by atoms with Gasteiger partial charge in [-0.05, 0) is 20.3 Å². The molecule has 0 aliphatic carbocycles. The van der Waals surface area contributed by atoms with Crippen LogP contribution in [0.15, 0.2) is 9.64 Å². The molecule has 2 unspecified atom stereocenters. The summed E-state index contributed by atoms with van der Waals surface area (Å²) in [5.74, 6) is 0.526. The average molecular weight is 268 g/mol. The lowest BCUT2D eigenvalue weighted by molar-refractivity contribution is -0.132. The number of hydrogen-bond donors (Lipinski definition) is 1. The number of oxazole rings is 1. The lowest BCUT2D eigenvalue weighted by Gasteiger charge is -2.23. The van der Waals surface area contributed by atoms with E-state index in [2.05, 4.69) is 4.98 Å². The zero-order valence-electron chi connectivity index (χ0n) is 9.84. The first-order valence-electron chi connectivity index (χ1n) is 5.18. The first-order chi connectivity index (χ1) is 7.75. The maximum absolute atomic E-state index is 12.8. The highest BCUT2D eigenvalue weighted by Crippen LogP contribution is 2.37. The molecule has 1 heterocycles. The summed E-state index contributed by atoms with van der Waals surface area (Å²) in [6, 6.07) is -0.965. The van der Waals surface area contributed by atoms with Crippen LogP contribution < -0.4 is 5.73 Å². The molecule has 0 spiro atoms. The summed E-state index contributed by atoms with van der Waals surface area (Å²) in [5.41, 5.74) is 6.08. The third-order valence-electron chi connectivity index (χ3n) is 2.42. The maximum Gasteiger partial charge on any atom is 0.402 e.